The molecule has 0 atom stereocenters. The molecule has 0 amide bonds. The smallest absolute Gasteiger partial charge is 0.353 e. The number of aryl methyl sites for hydroxylation is 1. The standard InChI is InChI=1S/C13H16N6O3/c1-8-2-4-9(5-3-8)16-12-10(19(21)22)11(14)17-13(18-12)15-6-7-20/h2-5,20H,6-7H2,1H3,(H4,14,15,16,17,18). The van der Waals surface area contributed by atoms with Gasteiger partial charge in [-0.1, -0.05) is 17.7 Å². The maximum atomic E-state index is 11.2. The van der Waals surface area contributed by atoms with Gasteiger partial charge in [-0.2, -0.15) is 9.97 Å². The Hall–Kier alpha value is -2.94. The van der Waals surface area contributed by atoms with Gasteiger partial charge in [-0.3, -0.25) is 10.1 Å². The Kier molecular flexibility index (Phi) is 4.69. The molecule has 0 spiro atoms. The van der Waals surface area contributed by atoms with Crippen molar-refractivity contribution in [3.05, 3.63) is 39.9 Å². The van der Waals surface area contributed by atoms with Crippen molar-refractivity contribution in [3.63, 3.8) is 0 Å². The van der Waals surface area contributed by atoms with E-state index in [1.54, 1.807) is 12.1 Å². The number of rotatable bonds is 6. The summed E-state index contributed by atoms with van der Waals surface area (Å²) >= 11 is 0. The minimum atomic E-state index is -0.637. The monoisotopic (exact) mass is 304 g/mol. The Morgan fingerprint density at radius 1 is 1.32 bits per heavy atom. The number of nitrogen functional groups attached to an aromatic ring is 1. The van der Waals surface area contributed by atoms with Gasteiger partial charge in [-0.15, -0.1) is 0 Å². The van der Waals surface area contributed by atoms with Crippen molar-refractivity contribution in [3.8, 4) is 0 Å². The number of nitrogens with zero attached hydrogens (tertiary/aromatic N) is 3. The molecule has 0 unspecified atom stereocenters. The molecule has 0 fully saturated rings. The van der Waals surface area contributed by atoms with Crippen molar-refractivity contribution in [1.82, 2.24) is 9.97 Å². The van der Waals surface area contributed by atoms with Gasteiger partial charge in [-0.25, -0.2) is 0 Å². The summed E-state index contributed by atoms with van der Waals surface area (Å²) in [7, 11) is 0. The van der Waals surface area contributed by atoms with Crippen LogP contribution >= 0.6 is 0 Å². The zero-order valence-electron chi connectivity index (χ0n) is 11.9. The molecule has 0 aliphatic carbocycles. The average molecular weight is 304 g/mol. The van der Waals surface area contributed by atoms with Crippen LogP contribution in [-0.4, -0.2) is 33.1 Å². The molecular weight excluding hydrogens is 288 g/mol. The predicted octanol–water partition coefficient (Wildman–Crippen LogP) is 1.42. The van der Waals surface area contributed by atoms with Crippen LogP contribution in [0.2, 0.25) is 0 Å². The van der Waals surface area contributed by atoms with Crippen LogP contribution in [0.1, 0.15) is 5.56 Å². The number of aliphatic hydroxyl groups is 1. The topological polar surface area (TPSA) is 139 Å². The number of benzene rings is 1. The normalized spacial score (nSPS) is 10.3. The number of aliphatic hydroxyl groups excluding tert-OH is 1. The molecule has 1 aromatic carbocycles. The summed E-state index contributed by atoms with van der Waals surface area (Å²) in [6, 6.07) is 7.28. The van der Waals surface area contributed by atoms with Crippen LogP contribution in [0.25, 0.3) is 0 Å². The second kappa shape index (κ2) is 6.68. The van der Waals surface area contributed by atoms with Gasteiger partial charge in [0.05, 0.1) is 11.5 Å². The molecule has 0 saturated carbocycles. The van der Waals surface area contributed by atoms with Crippen molar-refractivity contribution in [2.75, 3.05) is 29.5 Å². The number of nitro groups is 1. The van der Waals surface area contributed by atoms with Gasteiger partial charge in [-0.05, 0) is 19.1 Å². The predicted molar refractivity (Wildman–Crippen MR) is 83.1 cm³/mol. The first-order chi connectivity index (χ1) is 10.5. The number of aromatic nitrogens is 2. The van der Waals surface area contributed by atoms with E-state index in [9.17, 15) is 10.1 Å². The van der Waals surface area contributed by atoms with Crippen LogP contribution in [0.4, 0.5) is 29.0 Å². The van der Waals surface area contributed by atoms with Crippen LogP contribution < -0.4 is 16.4 Å². The molecule has 2 aromatic rings. The van der Waals surface area contributed by atoms with E-state index in [0.29, 0.717) is 5.69 Å². The number of hydrogen-bond acceptors (Lipinski definition) is 8. The molecular formula is C13H16N6O3. The van der Waals surface area contributed by atoms with E-state index in [1.165, 1.54) is 0 Å². The summed E-state index contributed by atoms with van der Waals surface area (Å²) < 4.78 is 0. The van der Waals surface area contributed by atoms with E-state index in [1.807, 2.05) is 19.1 Å². The summed E-state index contributed by atoms with van der Waals surface area (Å²) in [4.78, 5) is 18.4. The number of hydrogen-bond donors (Lipinski definition) is 4. The van der Waals surface area contributed by atoms with Gasteiger partial charge in [0.1, 0.15) is 0 Å². The highest BCUT2D eigenvalue weighted by Gasteiger charge is 2.23. The zero-order valence-corrected chi connectivity index (χ0v) is 11.9. The largest absolute Gasteiger partial charge is 0.395 e. The molecule has 0 bridgehead atoms. The van der Waals surface area contributed by atoms with Gasteiger partial charge in [0.2, 0.25) is 17.6 Å². The van der Waals surface area contributed by atoms with Gasteiger partial charge < -0.3 is 21.5 Å². The van der Waals surface area contributed by atoms with E-state index >= 15 is 0 Å². The van der Waals surface area contributed by atoms with E-state index in [0.717, 1.165) is 5.56 Å². The highest BCUT2D eigenvalue weighted by atomic mass is 16.6. The lowest BCUT2D eigenvalue weighted by molar-refractivity contribution is -0.383. The summed E-state index contributed by atoms with van der Waals surface area (Å²) in [5.41, 5.74) is 6.95. The van der Waals surface area contributed by atoms with Crippen LogP contribution in [-0.2, 0) is 0 Å². The molecule has 0 saturated heterocycles. The number of nitrogens with two attached hydrogens (primary N) is 1. The molecule has 116 valence electrons. The maximum absolute atomic E-state index is 11.2. The summed E-state index contributed by atoms with van der Waals surface area (Å²) in [6.07, 6.45) is 0. The zero-order chi connectivity index (χ0) is 16.1. The number of anilines is 4. The van der Waals surface area contributed by atoms with Crippen molar-refractivity contribution in [2.45, 2.75) is 6.92 Å². The van der Waals surface area contributed by atoms with Gasteiger partial charge in [0.15, 0.2) is 0 Å². The van der Waals surface area contributed by atoms with E-state index in [4.69, 9.17) is 10.8 Å². The van der Waals surface area contributed by atoms with Crippen LogP contribution in [0.15, 0.2) is 24.3 Å². The minimum absolute atomic E-state index is 0.0122. The third-order valence-corrected chi connectivity index (χ3v) is 2.80. The quantitative estimate of drug-likeness (QED) is 0.464. The molecule has 22 heavy (non-hydrogen) atoms. The van der Waals surface area contributed by atoms with E-state index in [-0.39, 0.29) is 30.7 Å². The third-order valence-electron chi connectivity index (χ3n) is 2.80. The Labute approximate surface area is 126 Å². The van der Waals surface area contributed by atoms with Crippen molar-refractivity contribution >= 4 is 29.0 Å². The lowest BCUT2D eigenvalue weighted by Crippen LogP contribution is -2.12. The lowest BCUT2D eigenvalue weighted by Gasteiger charge is -2.10. The van der Waals surface area contributed by atoms with Crippen LogP contribution in [0.5, 0.6) is 0 Å². The molecule has 2 rings (SSSR count). The fourth-order valence-corrected chi connectivity index (χ4v) is 1.76. The Morgan fingerprint density at radius 3 is 2.59 bits per heavy atom. The Morgan fingerprint density at radius 2 is 2.00 bits per heavy atom. The highest BCUT2D eigenvalue weighted by Crippen LogP contribution is 2.31. The molecule has 9 nitrogen and oxygen atoms in total. The summed E-state index contributed by atoms with van der Waals surface area (Å²) in [5.74, 6) is -0.163. The summed E-state index contributed by atoms with van der Waals surface area (Å²) in [5, 5.41) is 25.5. The third kappa shape index (κ3) is 3.58. The molecule has 9 heteroatoms. The van der Waals surface area contributed by atoms with E-state index < -0.39 is 10.6 Å². The van der Waals surface area contributed by atoms with Crippen LogP contribution in [0.3, 0.4) is 0 Å². The molecule has 0 radical (unpaired) electrons. The van der Waals surface area contributed by atoms with Gasteiger partial charge in [0, 0.05) is 12.2 Å². The first kappa shape index (κ1) is 15.4. The van der Waals surface area contributed by atoms with Crippen LogP contribution in [0, 0.1) is 17.0 Å². The van der Waals surface area contributed by atoms with Gasteiger partial charge in [0.25, 0.3) is 0 Å². The molecule has 1 aromatic heterocycles. The fourth-order valence-electron chi connectivity index (χ4n) is 1.76. The summed E-state index contributed by atoms with van der Waals surface area (Å²) in [6.45, 7) is 2.02. The molecule has 5 N–H and O–H groups in total. The second-order valence-corrected chi connectivity index (χ2v) is 4.53. The average Bonchev–Trinajstić information content (AvgIpc) is 2.46. The second-order valence-electron chi connectivity index (χ2n) is 4.53. The first-order valence-electron chi connectivity index (χ1n) is 6.51. The minimum Gasteiger partial charge on any atom is -0.395 e. The van der Waals surface area contributed by atoms with Crippen molar-refractivity contribution in [2.24, 2.45) is 0 Å². The van der Waals surface area contributed by atoms with Crippen molar-refractivity contribution < 1.29 is 10.0 Å². The Bertz CT molecular complexity index is 674. The SMILES string of the molecule is Cc1ccc(Nc2nc(NCCO)nc(N)c2[N+](=O)[O-])cc1. The number of nitrogens with one attached hydrogen (secondary N) is 2. The van der Waals surface area contributed by atoms with Crippen molar-refractivity contribution in [1.29, 1.82) is 0 Å². The molecule has 1 heterocycles. The maximum Gasteiger partial charge on any atom is 0.353 e. The molecule has 0 aliphatic rings. The fraction of sp³-hybridized carbons (Fsp3) is 0.231. The lowest BCUT2D eigenvalue weighted by atomic mass is 10.2. The Balaban J connectivity index is 2.39. The van der Waals surface area contributed by atoms with E-state index in [2.05, 4.69) is 20.6 Å². The van der Waals surface area contributed by atoms with Gasteiger partial charge >= 0.3 is 5.69 Å². The highest BCUT2D eigenvalue weighted by molar-refractivity contribution is 5.74. The first-order valence-corrected chi connectivity index (χ1v) is 6.51. The molecule has 0 aliphatic heterocycles.